The minimum Gasteiger partial charge on any atom is -0.456 e. The van der Waals surface area contributed by atoms with Crippen molar-refractivity contribution < 1.29 is 14.3 Å². The fourth-order valence-electron chi connectivity index (χ4n) is 1.82. The highest BCUT2D eigenvalue weighted by Gasteiger charge is 2.28. The third-order valence-electron chi connectivity index (χ3n) is 3.53. The molecule has 0 fully saturated rings. The van der Waals surface area contributed by atoms with Crippen LogP contribution in [0.1, 0.15) is 49.1 Å². The molecule has 0 aliphatic heterocycles. The standard InChI is InChI=1S/C14H23NO3/c1-6-10(3)14(5,17)8-15-13(16)12-9(2)7-11(4)18-12/h7,10,17H,6,8H2,1-5H3,(H,15,16). The molecule has 1 aromatic heterocycles. The number of furan rings is 1. The SMILES string of the molecule is CCC(C)C(C)(O)CNC(=O)c1oc(C)cc1C. The van der Waals surface area contributed by atoms with E-state index in [1.807, 2.05) is 26.8 Å². The molecule has 2 atom stereocenters. The van der Waals surface area contributed by atoms with Crippen LogP contribution >= 0.6 is 0 Å². The number of aliphatic hydroxyl groups is 1. The van der Waals surface area contributed by atoms with Crippen LogP contribution < -0.4 is 5.32 Å². The first kappa shape index (κ1) is 14.8. The predicted octanol–water partition coefficient (Wildman–Crippen LogP) is 2.42. The predicted molar refractivity (Wildman–Crippen MR) is 70.6 cm³/mol. The highest BCUT2D eigenvalue weighted by Crippen LogP contribution is 2.19. The summed E-state index contributed by atoms with van der Waals surface area (Å²) in [5.74, 6) is 0.889. The van der Waals surface area contributed by atoms with E-state index in [1.165, 1.54) is 0 Å². The first-order valence-electron chi connectivity index (χ1n) is 6.35. The van der Waals surface area contributed by atoms with E-state index in [9.17, 15) is 9.90 Å². The van der Waals surface area contributed by atoms with Crippen LogP contribution in [0.25, 0.3) is 0 Å². The van der Waals surface area contributed by atoms with Crippen LogP contribution in [0.15, 0.2) is 10.5 Å². The van der Waals surface area contributed by atoms with E-state index < -0.39 is 5.60 Å². The molecule has 102 valence electrons. The van der Waals surface area contributed by atoms with E-state index in [1.54, 1.807) is 13.8 Å². The van der Waals surface area contributed by atoms with E-state index in [4.69, 9.17) is 4.42 Å². The van der Waals surface area contributed by atoms with Gasteiger partial charge in [0.05, 0.1) is 5.60 Å². The summed E-state index contributed by atoms with van der Waals surface area (Å²) in [6.45, 7) is 9.58. The summed E-state index contributed by atoms with van der Waals surface area (Å²) in [6, 6.07) is 1.82. The summed E-state index contributed by atoms with van der Waals surface area (Å²) in [7, 11) is 0. The number of aryl methyl sites for hydroxylation is 2. The highest BCUT2D eigenvalue weighted by atomic mass is 16.4. The third-order valence-corrected chi connectivity index (χ3v) is 3.53. The molecule has 0 spiro atoms. The van der Waals surface area contributed by atoms with Crippen molar-refractivity contribution in [3.63, 3.8) is 0 Å². The van der Waals surface area contributed by atoms with Gasteiger partial charge in [-0.05, 0) is 32.8 Å². The van der Waals surface area contributed by atoms with Crippen molar-refractivity contribution in [3.05, 3.63) is 23.2 Å². The summed E-state index contributed by atoms with van der Waals surface area (Å²) in [6.07, 6.45) is 0.863. The lowest BCUT2D eigenvalue weighted by molar-refractivity contribution is 0.00567. The molecule has 2 unspecified atom stereocenters. The molecule has 2 N–H and O–H groups in total. The van der Waals surface area contributed by atoms with E-state index in [0.717, 1.165) is 12.0 Å². The molecule has 4 heteroatoms. The lowest BCUT2D eigenvalue weighted by Crippen LogP contribution is -2.45. The van der Waals surface area contributed by atoms with Gasteiger partial charge in [-0.1, -0.05) is 20.3 Å². The van der Waals surface area contributed by atoms with Crippen LogP contribution in [-0.4, -0.2) is 23.2 Å². The van der Waals surface area contributed by atoms with Crippen molar-refractivity contribution in [2.75, 3.05) is 6.54 Å². The van der Waals surface area contributed by atoms with Gasteiger partial charge in [-0.15, -0.1) is 0 Å². The summed E-state index contributed by atoms with van der Waals surface area (Å²) in [4.78, 5) is 11.9. The first-order chi connectivity index (χ1) is 8.27. The second-order valence-electron chi connectivity index (χ2n) is 5.22. The van der Waals surface area contributed by atoms with Crippen molar-refractivity contribution in [1.29, 1.82) is 0 Å². The Morgan fingerprint density at radius 1 is 1.56 bits per heavy atom. The van der Waals surface area contributed by atoms with Gasteiger partial charge in [0, 0.05) is 12.1 Å². The second kappa shape index (κ2) is 5.57. The Kier molecular flexibility index (Phi) is 4.57. The Morgan fingerprint density at radius 3 is 2.61 bits per heavy atom. The van der Waals surface area contributed by atoms with E-state index >= 15 is 0 Å². The molecule has 1 heterocycles. The van der Waals surface area contributed by atoms with Crippen LogP contribution in [0, 0.1) is 19.8 Å². The molecule has 0 aliphatic carbocycles. The van der Waals surface area contributed by atoms with Gasteiger partial charge in [0.2, 0.25) is 0 Å². The van der Waals surface area contributed by atoms with Crippen molar-refractivity contribution in [2.24, 2.45) is 5.92 Å². The van der Waals surface area contributed by atoms with Gasteiger partial charge >= 0.3 is 0 Å². The number of rotatable bonds is 5. The summed E-state index contributed by atoms with van der Waals surface area (Å²) < 4.78 is 5.33. The molecule has 0 saturated carbocycles. The summed E-state index contributed by atoms with van der Waals surface area (Å²) >= 11 is 0. The molecule has 1 rings (SSSR count). The Hall–Kier alpha value is -1.29. The zero-order chi connectivity index (χ0) is 13.9. The maximum absolute atomic E-state index is 11.9. The molecule has 1 amide bonds. The highest BCUT2D eigenvalue weighted by molar-refractivity contribution is 5.92. The van der Waals surface area contributed by atoms with Gasteiger partial charge < -0.3 is 14.8 Å². The minimum absolute atomic E-state index is 0.122. The molecule has 18 heavy (non-hydrogen) atoms. The zero-order valence-electron chi connectivity index (χ0n) is 11.8. The number of nitrogens with one attached hydrogen (secondary N) is 1. The van der Waals surface area contributed by atoms with E-state index in [0.29, 0.717) is 11.5 Å². The molecule has 0 saturated heterocycles. The van der Waals surface area contributed by atoms with Gasteiger partial charge in [-0.25, -0.2) is 0 Å². The average molecular weight is 253 g/mol. The van der Waals surface area contributed by atoms with E-state index in [2.05, 4.69) is 5.32 Å². The Morgan fingerprint density at radius 2 is 2.17 bits per heavy atom. The van der Waals surface area contributed by atoms with Gasteiger partial charge in [-0.3, -0.25) is 4.79 Å². The molecular weight excluding hydrogens is 230 g/mol. The molecule has 0 bridgehead atoms. The molecule has 1 aromatic rings. The van der Waals surface area contributed by atoms with Crippen molar-refractivity contribution in [1.82, 2.24) is 5.32 Å². The lowest BCUT2D eigenvalue weighted by atomic mass is 9.88. The third kappa shape index (κ3) is 3.35. The Balaban J connectivity index is 2.64. The maximum atomic E-state index is 11.9. The minimum atomic E-state index is -0.903. The number of carbonyl (C=O) groups excluding carboxylic acids is 1. The summed E-state index contributed by atoms with van der Waals surface area (Å²) in [5, 5.41) is 12.9. The maximum Gasteiger partial charge on any atom is 0.287 e. The first-order valence-corrected chi connectivity index (χ1v) is 6.35. The topological polar surface area (TPSA) is 62.5 Å². The number of hydrogen-bond donors (Lipinski definition) is 2. The average Bonchev–Trinajstić information content (AvgIpc) is 2.64. The molecule has 4 nitrogen and oxygen atoms in total. The van der Waals surface area contributed by atoms with Crippen molar-refractivity contribution >= 4 is 5.91 Å². The van der Waals surface area contributed by atoms with Crippen molar-refractivity contribution in [3.8, 4) is 0 Å². The Bertz CT molecular complexity index is 421. The van der Waals surface area contributed by atoms with Gasteiger partial charge in [0.1, 0.15) is 5.76 Å². The Labute approximate surface area is 108 Å². The van der Waals surface area contributed by atoms with E-state index in [-0.39, 0.29) is 18.4 Å². The molecule has 0 aliphatic rings. The van der Waals surface area contributed by atoms with Crippen LogP contribution in [0.4, 0.5) is 0 Å². The van der Waals surface area contributed by atoms with Gasteiger partial charge in [-0.2, -0.15) is 0 Å². The number of amides is 1. The van der Waals surface area contributed by atoms with Gasteiger partial charge in [0.15, 0.2) is 5.76 Å². The largest absolute Gasteiger partial charge is 0.456 e. The monoisotopic (exact) mass is 253 g/mol. The fraction of sp³-hybridized carbons (Fsp3) is 0.643. The van der Waals surface area contributed by atoms with Crippen LogP contribution in [0.5, 0.6) is 0 Å². The fourth-order valence-corrected chi connectivity index (χ4v) is 1.82. The normalized spacial score (nSPS) is 16.1. The molecule has 0 radical (unpaired) electrons. The second-order valence-corrected chi connectivity index (χ2v) is 5.22. The lowest BCUT2D eigenvalue weighted by Gasteiger charge is -2.29. The molecular formula is C14H23NO3. The smallest absolute Gasteiger partial charge is 0.287 e. The molecule has 0 aromatic carbocycles. The zero-order valence-corrected chi connectivity index (χ0v) is 11.8. The van der Waals surface area contributed by atoms with Crippen LogP contribution in [0.3, 0.4) is 0 Å². The van der Waals surface area contributed by atoms with Crippen molar-refractivity contribution in [2.45, 2.75) is 46.6 Å². The van der Waals surface area contributed by atoms with Gasteiger partial charge in [0.25, 0.3) is 5.91 Å². The number of carbonyl (C=O) groups is 1. The summed E-state index contributed by atoms with van der Waals surface area (Å²) in [5.41, 5.74) is -0.0897. The van der Waals surface area contributed by atoms with Crippen LogP contribution in [-0.2, 0) is 0 Å². The number of hydrogen-bond acceptors (Lipinski definition) is 3. The quantitative estimate of drug-likeness (QED) is 0.847. The van der Waals surface area contributed by atoms with Crippen LogP contribution in [0.2, 0.25) is 0 Å².